The maximum Gasteiger partial charge on any atom is 0.251 e. The van der Waals surface area contributed by atoms with E-state index in [1.54, 1.807) is 4.90 Å². The largest absolute Gasteiger partial charge is 0.356 e. The van der Waals surface area contributed by atoms with Crippen LogP contribution in [0.15, 0.2) is 54.6 Å². The van der Waals surface area contributed by atoms with Gasteiger partial charge in [-0.3, -0.25) is 9.69 Å². The SMILES string of the molecule is CCCN1C(=O)C2Cc3c([nH]c4ccccc34)C(c3ccccc3)N2C1=S. The molecule has 0 saturated carbocycles. The zero-order chi connectivity index (χ0) is 18.5. The number of thiocarbonyl (C=S) groups is 1. The molecule has 1 aromatic heterocycles. The van der Waals surface area contributed by atoms with E-state index in [-0.39, 0.29) is 18.0 Å². The highest BCUT2D eigenvalue weighted by Gasteiger charge is 2.50. The highest BCUT2D eigenvalue weighted by atomic mass is 32.1. The Morgan fingerprint density at radius 1 is 1.11 bits per heavy atom. The molecule has 1 amide bonds. The van der Waals surface area contributed by atoms with E-state index in [4.69, 9.17) is 12.2 Å². The van der Waals surface area contributed by atoms with Gasteiger partial charge in [0, 0.05) is 29.6 Å². The number of amides is 1. The number of rotatable bonds is 3. The van der Waals surface area contributed by atoms with Crippen molar-refractivity contribution in [2.24, 2.45) is 0 Å². The molecular weight excluding hydrogens is 354 g/mol. The van der Waals surface area contributed by atoms with E-state index in [2.05, 4.69) is 47.1 Å². The first-order valence-electron chi connectivity index (χ1n) is 9.48. The molecule has 136 valence electrons. The monoisotopic (exact) mass is 375 g/mol. The van der Waals surface area contributed by atoms with Crippen molar-refractivity contribution in [1.82, 2.24) is 14.8 Å². The molecule has 0 spiro atoms. The predicted octanol–water partition coefficient (Wildman–Crippen LogP) is 4.02. The van der Waals surface area contributed by atoms with Gasteiger partial charge in [0.2, 0.25) is 0 Å². The van der Waals surface area contributed by atoms with Crippen LogP contribution >= 0.6 is 12.2 Å². The van der Waals surface area contributed by atoms with E-state index in [1.165, 1.54) is 10.9 Å². The number of carbonyl (C=O) groups excluding carboxylic acids is 1. The van der Waals surface area contributed by atoms with E-state index in [9.17, 15) is 4.79 Å². The lowest BCUT2D eigenvalue weighted by atomic mass is 9.89. The fraction of sp³-hybridized carbons (Fsp3) is 0.273. The minimum Gasteiger partial charge on any atom is -0.356 e. The van der Waals surface area contributed by atoms with Crippen molar-refractivity contribution in [3.8, 4) is 0 Å². The molecule has 2 atom stereocenters. The molecule has 1 fully saturated rings. The van der Waals surface area contributed by atoms with Crippen molar-refractivity contribution < 1.29 is 4.79 Å². The number of H-pyrrole nitrogens is 1. The first-order chi connectivity index (χ1) is 13.2. The van der Waals surface area contributed by atoms with Crippen LogP contribution in [0.2, 0.25) is 0 Å². The predicted molar refractivity (Wildman–Crippen MR) is 111 cm³/mol. The summed E-state index contributed by atoms with van der Waals surface area (Å²) in [6, 6.07) is 18.4. The summed E-state index contributed by atoms with van der Waals surface area (Å²) in [4.78, 5) is 20.7. The molecule has 5 rings (SSSR count). The summed E-state index contributed by atoms with van der Waals surface area (Å²) < 4.78 is 0. The number of hydrogen-bond donors (Lipinski definition) is 1. The lowest BCUT2D eigenvalue weighted by molar-refractivity contribution is -0.128. The van der Waals surface area contributed by atoms with E-state index in [1.807, 2.05) is 24.3 Å². The van der Waals surface area contributed by atoms with Gasteiger partial charge in [-0.05, 0) is 35.8 Å². The van der Waals surface area contributed by atoms with Crippen LogP contribution in [-0.2, 0) is 11.2 Å². The second-order valence-corrected chi connectivity index (χ2v) is 7.64. The number of aromatic nitrogens is 1. The van der Waals surface area contributed by atoms with E-state index >= 15 is 0 Å². The Labute approximate surface area is 163 Å². The molecule has 3 aromatic rings. The smallest absolute Gasteiger partial charge is 0.251 e. The number of nitrogens with zero attached hydrogens (tertiary/aromatic N) is 2. The van der Waals surface area contributed by atoms with E-state index in [0.29, 0.717) is 18.1 Å². The standard InChI is InChI=1S/C22H21N3OS/c1-2-12-24-21(26)18-13-16-15-10-6-7-11-17(15)23-19(16)20(25(18)22(24)27)14-8-4-3-5-9-14/h3-11,18,20,23H,2,12-13H2,1H3. The molecule has 1 saturated heterocycles. The summed E-state index contributed by atoms with van der Waals surface area (Å²) in [5.41, 5.74) is 4.68. The molecule has 2 aliphatic rings. The summed E-state index contributed by atoms with van der Waals surface area (Å²) >= 11 is 5.78. The fourth-order valence-electron chi connectivity index (χ4n) is 4.54. The Balaban J connectivity index is 1.73. The molecule has 5 heteroatoms. The van der Waals surface area contributed by atoms with Crippen LogP contribution in [0.5, 0.6) is 0 Å². The van der Waals surface area contributed by atoms with Crippen LogP contribution in [0.4, 0.5) is 0 Å². The van der Waals surface area contributed by atoms with Crippen molar-refractivity contribution in [2.45, 2.75) is 31.8 Å². The van der Waals surface area contributed by atoms with Gasteiger partial charge in [-0.1, -0.05) is 55.5 Å². The summed E-state index contributed by atoms with van der Waals surface area (Å²) in [6.45, 7) is 2.76. The number of fused-ring (bicyclic) bond motifs is 4. The molecule has 0 radical (unpaired) electrons. The van der Waals surface area contributed by atoms with Crippen molar-refractivity contribution in [2.75, 3.05) is 6.54 Å². The zero-order valence-electron chi connectivity index (χ0n) is 15.2. The lowest BCUT2D eigenvalue weighted by Crippen LogP contribution is -2.44. The summed E-state index contributed by atoms with van der Waals surface area (Å²) in [5.74, 6) is 0.138. The maximum atomic E-state index is 13.2. The molecule has 2 aliphatic heterocycles. The van der Waals surface area contributed by atoms with Crippen LogP contribution in [-0.4, -0.2) is 38.4 Å². The second-order valence-electron chi connectivity index (χ2n) is 7.28. The minimum atomic E-state index is -0.221. The van der Waals surface area contributed by atoms with E-state index < -0.39 is 0 Å². The van der Waals surface area contributed by atoms with Gasteiger partial charge in [0.05, 0.1) is 6.04 Å². The quantitative estimate of drug-likeness (QED) is 0.703. The van der Waals surface area contributed by atoms with Gasteiger partial charge in [0.15, 0.2) is 5.11 Å². The topological polar surface area (TPSA) is 39.3 Å². The third-order valence-corrected chi connectivity index (χ3v) is 6.13. The number of hydrogen-bond acceptors (Lipinski definition) is 2. The molecule has 2 aromatic carbocycles. The Hall–Kier alpha value is -2.66. The third-order valence-electron chi connectivity index (χ3n) is 5.70. The van der Waals surface area contributed by atoms with Crippen molar-refractivity contribution in [1.29, 1.82) is 0 Å². The van der Waals surface area contributed by atoms with Gasteiger partial charge in [-0.25, -0.2) is 0 Å². The average Bonchev–Trinajstić information content (AvgIpc) is 3.18. The number of para-hydroxylation sites is 1. The van der Waals surface area contributed by atoms with Gasteiger partial charge >= 0.3 is 0 Å². The van der Waals surface area contributed by atoms with Gasteiger partial charge in [0.25, 0.3) is 5.91 Å². The third kappa shape index (κ3) is 2.34. The van der Waals surface area contributed by atoms with Crippen LogP contribution in [0, 0.1) is 0 Å². The Bertz CT molecular complexity index is 1040. The lowest BCUT2D eigenvalue weighted by Gasteiger charge is -2.37. The Kier molecular flexibility index (Phi) is 3.79. The average molecular weight is 375 g/mol. The highest BCUT2D eigenvalue weighted by Crippen LogP contribution is 2.43. The summed E-state index contributed by atoms with van der Waals surface area (Å²) in [5, 5.41) is 1.87. The highest BCUT2D eigenvalue weighted by molar-refractivity contribution is 7.80. The minimum absolute atomic E-state index is 0.0642. The fourth-order valence-corrected chi connectivity index (χ4v) is 4.95. The van der Waals surface area contributed by atoms with Gasteiger partial charge < -0.3 is 9.88 Å². The molecular formula is C22H21N3OS. The number of benzene rings is 2. The summed E-state index contributed by atoms with van der Waals surface area (Å²) in [6.07, 6.45) is 1.60. The van der Waals surface area contributed by atoms with Crippen LogP contribution in [0.3, 0.4) is 0 Å². The van der Waals surface area contributed by atoms with Crippen molar-refractivity contribution >= 4 is 34.1 Å². The van der Waals surface area contributed by atoms with Crippen molar-refractivity contribution in [3.05, 3.63) is 71.4 Å². The molecule has 27 heavy (non-hydrogen) atoms. The van der Waals surface area contributed by atoms with Gasteiger partial charge in [-0.15, -0.1) is 0 Å². The Morgan fingerprint density at radius 2 is 1.85 bits per heavy atom. The normalized spacial score (nSPS) is 21.7. The second kappa shape index (κ2) is 6.20. The Morgan fingerprint density at radius 3 is 2.63 bits per heavy atom. The number of carbonyl (C=O) groups is 1. The zero-order valence-corrected chi connectivity index (χ0v) is 16.0. The molecule has 2 unspecified atom stereocenters. The van der Waals surface area contributed by atoms with E-state index in [0.717, 1.165) is 23.2 Å². The first kappa shape index (κ1) is 16.5. The van der Waals surface area contributed by atoms with Gasteiger partial charge in [0.1, 0.15) is 6.04 Å². The number of aromatic amines is 1. The molecule has 3 heterocycles. The first-order valence-corrected chi connectivity index (χ1v) is 9.89. The summed E-state index contributed by atoms with van der Waals surface area (Å²) in [7, 11) is 0. The molecule has 0 aliphatic carbocycles. The van der Waals surface area contributed by atoms with Crippen LogP contribution < -0.4 is 0 Å². The van der Waals surface area contributed by atoms with Crippen LogP contribution in [0.1, 0.15) is 36.2 Å². The van der Waals surface area contributed by atoms with Gasteiger partial charge in [-0.2, -0.15) is 0 Å². The van der Waals surface area contributed by atoms with Crippen LogP contribution in [0.25, 0.3) is 10.9 Å². The number of nitrogens with one attached hydrogen (secondary N) is 1. The van der Waals surface area contributed by atoms with Crippen molar-refractivity contribution in [3.63, 3.8) is 0 Å². The molecule has 4 nitrogen and oxygen atoms in total. The molecule has 1 N–H and O–H groups in total. The molecule has 0 bridgehead atoms. The maximum absolute atomic E-state index is 13.2.